The topological polar surface area (TPSA) is 52.4 Å². The molecule has 0 N–H and O–H groups in total. The summed E-state index contributed by atoms with van der Waals surface area (Å²) >= 11 is 5.68. The van der Waals surface area contributed by atoms with Crippen LogP contribution in [0.4, 0.5) is 10.1 Å². The van der Waals surface area contributed by atoms with Crippen LogP contribution in [0.2, 0.25) is 0 Å². The Labute approximate surface area is 119 Å². The molecule has 2 rings (SSSR count). The Bertz CT molecular complexity index is 661. The Balaban J connectivity index is 2.47. The molecule has 104 valence electrons. The third kappa shape index (κ3) is 2.88. The molecule has 0 bridgehead atoms. The minimum atomic E-state index is -0.547. The van der Waals surface area contributed by atoms with E-state index in [-0.39, 0.29) is 28.6 Å². The summed E-state index contributed by atoms with van der Waals surface area (Å²) < 4.78 is 19.1. The number of nitro groups is 1. The number of nitrogens with zero attached hydrogens (tertiary/aromatic N) is 1. The van der Waals surface area contributed by atoms with Crippen LogP contribution in [0.15, 0.2) is 36.4 Å². The fourth-order valence-electron chi connectivity index (χ4n) is 1.74. The largest absolute Gasteiger partial charge is 0.450 e. The molecule has 0 saturated heterocycles. The average Bonchev–Trinajstić information content (AvgIpc) is 2.38. The summed E-state index contributed by atoms with van der Waals surface area (Å²) in [5.74, 6) is -0.352. The van der Waals surface area contributed by atoms with E-state index in [1.807, 2.05) is 0 Å². The third-order valence-corrected chi connectivity index (χ3v) is 3.01. The second-order valence-corrected chi connectivity index (χ2v) is 4.45. The first-order valence-electron chi connectivity index (χ1n) is 5.79. The molecule has 0 aliphatic carbocycles. The van der Waals surface area contributed by atoms with E-state index in [0.29, 0.717) is 0 Å². The maximum Gasteiger partial charge on any atom is 0.311 e. The third-order valence-electron chi connectivity index (χ3n) is 2.74. The van der Waals surface area contributed by atoms with Crippen molar-refractivity contribution in [1.82, 2.24) is 0 Å². The van der Waals surface area contributed by atoms with Gasteiger partial charge in [-0.1, -0.05) is 12.1 Å². The van der Waals surface area contributed by atoms with Gasteiger partial charge in [0, 0.05) is 11.6 Å². The fraction of sp³-hybridized carbons (Fsp3) is 0.143. The highest BCUT2D eigenvalue weighted by atomic mass is 35.5. The van der Waals surface area contributed by atoms with Crippen molar-refractivity contribution in [2.24, 2.45) is 0 Å². The summed E-state index contributed by atoms with van der Waals surface area (Å²) in [5.41, 5.74) is 0.791. The number of benzene rings is 2. The Morgan fingerprint density at radius 3 is 2.70 bits per heavy atom. The molecule has 0 spiro atoms. The molecule has 20 heavy (non-hydrogen) atoms. The van der Waals surface area contributed by atoms with E-state index < -0.39 is 10.7 Å². The summed E-state index contributed by atoms with van der Waals surface area (Å²) in [6.45, 7) is 1.78. The van der Waals surface area contributed by atoms with Crippen molar-refractivity contribution in [1.29, 1.82) is 0 Å². The van der Waals surface area contributed by atoms with Gasteiger partial charge in [-0.05, 0) is 30.7 Å². The number of rotatable bonds is 4. The highest BCUT2D eigenvalue weighted by molar-refractivity contribution is 6.17. The SMILES string of the molecule is Cc1ccc([N+](=O)[O-])c(Oc2cccc(F)c2CCl)c1. The lowest BCUT2D eigenvalue weighted by Crippen LogP contribution is -1.97. The van der Waals surface area contributed by atoms with E-state index in [9.17, 15) is 14.5 Å². The monoisotopic (exact) mass is 295 g/mol. The highest BCUT2D eigenvalue weighted by Gasteiger charge is 2.18. The number of aryl methyl sites for hydroxylation is 1. The van der Waals surface area contributed by atoms with E-state index in [0.717, 1.165) is 5.56 Å². The molecule has 0 saturated carbocycles. The van der Waals surface area contributed by atoms with Gasteiger partial charge < -0.3 is 4.74 Å². The van der Waals surface area contributed by atoms with Crippen molar-refractivity contribution < 1.29 is 14.1 Å². The summed E-state index contributed by atoms with van der Waals surface area (Å²) in [6, 6.07) is 8.73. The minimum absolute atomic E-state index is 0.0620. The first-order chi connectivity index (χ1) is 9.52. The number of hydrogen-bond donors (Lipinski definition) is 0. The van der Waals surface area contributed by atoms with Gasteiger partial charge in [0.05, 0.1) is 10.8 Å². The molecule has 0 radical (unpaired) electrons. The standard InChI is InChI=1S/C14H11ClFNO3/c1-9-5-6-12(17(18)19)14(7-9)20-13-4-2-3-11(16)10(13)8-15/h2-7H,8H2,1H3. The van der Waals surface area contributed by atoms with Crippen LogP contribution in [0.5, 0.6) is 11.5 Å². The summed E-state index contributed by atoms with van der Waals surface area (Å²) in [6.07, 6.45) is 0. The fourth-order valence-corrected chi connectivity index (χ4v) is 2.00. The Hall–Kier alpha value is -2.14. The van der Waals surface area contributed by atoms with Crippen molar-refractivity contribution in [2.75, 3.05) is 0 Å². The van der Waals surface area contributed by atoms with Crippen molar-refractivity contribution >= 4 is 17.3 Å². The smallest absolute Gasteiger partial charge is 0.311 e. The molecule has 0 aromatic heterocycles. The zero-order valence-corrected chi connectivity index (χ0v) is 11.4. The number of hydrogen-bond acceptors (Lipinski definition) is 3. The van der Waals surface area contributed by atoms with Crippen LogP contribution in [0.25, 0.3) is 0 Å². The van der Waals surface area contributed by atoms with Crippen molar-refractivity contribution in [2.45, 2.75) is 12.8 Å². The van der Waals surface area contributed by atoms with Gasteiger partial charge >= 0.3 is 5.69 Å². The van der Waals surface area contributed by atoms with Crippen LogP contribution >= 0.6 is 11.6 Å². The number of alkyl halides is 1. The second kappa shape index (κ2) is 5.88. The normalized spacial score (nSPS) is 10.3. The average molecular weight is 296 g/mol. The van der Waals surface area contributed by atoms with Crippen molar-refractivity contribution in [3.05, 3.63) is 63.5 Å². The zero-order chi connectivity index (χ0) is 14.7. The molecule has 0 fully saturated rings. The Morgan fingerprint density at radius 2 is 2.05 bits per heavy atom. The zero-order valence-electron chi connectivity index (χ0n) is 10.6. The van der Waals surface area contributed by atoms with Crippen LogP contribution in [-0.2, 0) is 5.88 Å². The molecule has 2 aromatic carbocycles. The number of ether oxygens (including phenoxy) is 1. The van der Waals surface area contributed by atoms with Gasteiger partial charge in [-0.3, -0.25) is 10.1 Å². The molecule has 0 unspecified atom stereocenters. The molecule has 0 heterocycles. The molecule has 0 aliphatic heterocycles. The number of halogens is 2. The van der Waals surface area contributed by atoms with Crippen LogP contribution in [0.3, 0.4) is 0 Å². The summed E-state index contributed by atoms with van der Waals surface area (Å²) in [5, 5.41) is 11.0. The van der Waals surface area contributed by atoms with Gasteiger partial charge in [-0.25, -0.2) is 4.39 Å². The Kier molecular flexibility index (Phi) is 4.20. The summed E-state index contributed by atoms with van der Waals surface area (Å²) in [4.78, 5) is 10.4. The Morgan fingerprint density at radius 1 is 1.30 bits per heavy atom. The van der Waals surface area contributed by atoms with Gasteiger partial charge in [-0.2, -0.15) is 0 Å². The predicted octanol–water partition coefficient (Wildman–Crippen LogP) is 4.57. The van der Waals surface area contributed by atoms with Gasteiger partial charge in [0.2, 0.25) is 5.75 Å². The lowest BCUT2D eigenvalue weighted by molar-refractivity contribution is -0.385. The van der Waals surface area contributed by atoms with E-state index in [1.165, 1.54) is 30.3 Å². The lowest BCUT2D eigenvalue weighted by atomic mass is 10.2. The van der Waals surface area contributed by atoms with E-state index >= 15 is 0 Å². The molecule has 2 aromatic rings. The van der Waals surface area contributed by atoms with Crippen LogP contribution in [-0.4, -0.2) is 4.92 Å². The molecule has 0 atom stereocenters. The quantitative estimate of drug-likeness (QED) is 0.471. The molecular formula is C14H11ClFNO3. The second-order valence-electron chi connectivity index (χ2n) is 4.18. The van der Waals surface area contributed by atoms with Crippen LogP contribution in [0, 0.1) is 22.9 Å². The highest BCUT2D eigenvalue weighted by Crippen LogP contribution is 2.34. The molecule has 0 aliphatic rings. The first kappa shape index (κ1) is 14.3. The van der Waals surface area contributed by atoms with Crippen LogP contribution in [0.1, 0.15) is 11.1 Å². The molecular weight excluding hydrogens is 285 g/mol. The minimum Gasteiger partial charge on any atom is -0.450 e. The number of nitro benzene ring substituents is 1. The summed E-state index contributed by atoms with van der Waals surface area (Å²) in [7, 11) is 0. The molecule has 0 amide bonds. The maximum atomic E-state index is 13.6. The van der Waals surface area contributed by atoms with E-state index in [2.05, 4.69) is 0 Å². The maximum absolute atomic E-state index is 13.6. The van der Waals surface area contributed by atoms with Gasteiger partial charge in [0.25, 0.3) is 0 Å². The first-order valence-corrected chi connectivity index (χ1v) is 6.32. The van der Waals surface area contributed by atoms with Gasteiger partial charge in [-0.15, -0.1) is 11.6 Å². The van der Waals surface area contributed by atoms with Gasteiger partial charge in [0.1, 0.15) is 11.6 Å². The van der Waals surface area contributed by atoms with Crippen LogP contribution < -0.4 is 4.74 Å². The molecule has 6 heteroatoms. The van der Waals surface area contributed by atoms with E-state index in [4.69, 9.17) is 16.3 Å². The van der Waals surface area contributed by atoms with Crippen molar-refractivity contribution in [3.63, 3.8) is 0 Å². The van der Waals surface area contributed by atoms with Gasteiger partial charge in [0.15, 0.2) is 0 Å². The van der Waals surface area contributed by atoms with E-state index in [1.54, 1.807) is 13.0 Å². The van der Waals surface area contributed by atoms with Crippen molar-refractivity contribution in [3.8, 4) is 11.5 Å². The molecule has 4 nitrogen and oxygen atoms in total. The predicted molar refractivity (Wildman–Crippen MR) is 73.9 cm³/mol. The lowest BCUT2D eigenvalue weighted by Gasteiger charge is -2.11.